The fraction of sp³-hybridized carbons (Fsp3) is 0.889. The van der Waals surface area contributed by atoms with Crippen molar-refractivity contribution in [2.75, 3.05) is 0 Å². The molecular formula is C9H16N2. The molecule has 2 heteroatoms. The molecule has 1 saturated carbocycles. The van der Waals surface area contributed by atoms with Crippen LogP contribution in [-0.4, -0.2) is 5.54 Å². The second-order valence-electron chi connectivity index (χ2n) is 3.49. The molecule has 1 aliphatic carbocycles. The van der Waals surface area contributed by atoms with E-state index in [1.165, 1.54) is 12.8 Å². The second-order valence-corrected chi connectivity index (χ2v) is 3.49. The van der Waals surface area contributed by atoms with Gasteiger partial charge in [-0.25, -0.2) is 0 Å². The summed E-state index contributed by atoms with van der Waals surface area (Å²) in [6.07, 6.45) is 5.60. The Hall–Kier alpha value is -0.550. The van der Waals surface area contributed by atoms with E-state index in [1.54, 1.807) is 0 Å². The molecule has 1 fully saturated rings. The third-order valence-corrected chi connectivity index (χ3v) is 2.88. The van der Waals surface area contributed by atoms with Crippen molar-refractivity contribution >= 4 is 0 Å². The normalized spacial score (nSPS) is 24.5. The molecule has 1 unspecified atom stereocenters. The first kappa shape index (κ1) is 8.55. The van der Waals surface area contributed by atoms with E-state index in [-0.39, 0.29) is 0 Å². The van der Waals surface area contributed by atoms with Gasteiger partial charge in [0.2, 0.25) is 0 Å². The Morgan fingerprint density at radius 1 is 1.55 bits per heavy atom. The number of nitrogens with two attached hydrogens (primary N) is 1. The van der Waals surface area contributed by atoms with Gasteiger partial charge < -0.3 is 5.73 Å². The number of nitriles is 1. The molecule has 1 aliphatic rings. The highest BCUT2D eigenvalue weighted by Gasteiger charge is 2.34. The largest absolute Gasteiger partial charge is 0.313 e. The maximum atomic E-state index is 8.87. The van der Waals surface area contributed by atoms with Gasteiger partial charge in [0.25, 0.3) is 0 Å². The van der Waals surface area contributed by atoms with Gasteiger partial charge >= 0.3 is 0 Å². The molecule has 0 heterocycles. The highest BCUT2D eigenvalue weighted by atomic mass is 14.8. The number of rotatable bonds is 2. The van der Waals surface area contributed by atoms with E-state index in [1.807, 2.05) is 6.92 Å². The van der Waals surface area contributed by atoms with Crippen LogP contribution in [0.25, 0.3) is 0 Å². The van der Waals surface area contributed by atoms with Gasteiger partial charge in [0.15, 0.2) is 0 Å². The SMILES string of the molecule is CCC(N)(C#N)C1CCCC1. The summed E-state index contributed by atoms with van der Waals surface area (Å²) in [6, 6.07) is 2.25. The molecule has 0 spiro atoms. The molecule has 0 aromatic heterocycles. The lowest BCUT2D eigenvalue weighted by Gasteiger charge is -2.26. The molecule has 11 heavy (non-hydrogen) atoms. The molecule has 1 atom stereocenters. The summed E-state index contributed by atoms with van der Waals surface area (Å²) in [5, 5.41) is 8.87. The molecule has 0 amide bonds. The zero-order valence-corrected chi connectivity index (χ0v) is 7.14. The van der Waals surface area contributed by atoms with Crippen LogP contribution in [0.5, 0.6) is 0 Å². The van der Waals surface area contributed by atoms with Crippen LogP contribution < -0.4 is 5.73 Å². The Kier molecular flexibility index (Phi) is 2.51. The second kappa shape index (κ2) is 3.23. The van der Waals surface area contributed by atoms with E-state index < -0.39 is 5.54 Å². The molecule has 0 aromatic carbocycles. The lowest BCUT2D eigenvalue weighted by Crippen LogP contribution is -2.44. The predicted octanol–water partition coefficient (Wildman–Crippen LogP) is 1.81. The van der Waals surface area contributed by atoms with E-state index in [0.29, 0.717) is 5.92 Å². The highest BCUT2D eigenvalue weighted by molar-refractivity contribution is 5.08. The van der Waals surface area contributed by atoms with Gasteiger partial charge in [0.1, 0.15) is 5.54 Å². The fourth-order valence-electron chi connectivity index (χ4n) is 1.90. The Balaban J connectivity index is 2.61. The minimum Gasteiger partial charge on any atom is -0.313 e. The highest BCUT2D eigenvalue weighted by Crippen LogP contribution is 2.33. The molecule has 0 saturated heterocycles. The quantitative estimate of drug-likeness (QED) is 0.656. The van der Waals surface area contributed by atoms with Crippen molar-refractivity contribution in [2.24, 2.45) is 11.7 Å². The third kappa shape index (κ3) is 1.54. The monoisotopic (exact) mass is 152 g/mol. The zero-order valence-electron chi connectivity index (χ0n) is 7.14. The van der Waals surface area contributed by atoms with Gasteiger partial charge in [-0.1, -0.05) is 19.8 Å². The average Bonchev–Trinajstić information content (AvgIpc) is 2.55. The first-order chi connectivity index (χ1) is 5.23. The van der Waals surface area contributed by atoms with Crippen molar-refractivity contribution in [3.8, 4) is 6.07 Å². The minimum absolute atomic E-state index is 0.456. The van der Waals surface area contributed by atoms with Crippen molar-refractivity contribution in [1.29, 1.82) is 5.26 Å². The van der Waals surface area contributed by atoms with Crippen LogP contribution in [0.2, 0.25) is 0 Å². The summed E-state index contributed by atoms with van der Waals surface area (Å²) >= 11 is 0. The molecule has 0 aliphatic heterocycles. The standard InChI is InChI=1S/C9H16N2/c1-2-9(11,7-10)8-5-3-4-6-8/h8H,2-6,11H2,1H3. The van der Waals surface area contributed by atoms with Crippen molar-refractivity contribution in [2.45, 2.75) is 44.6 Å². The summed E-state index contributed by atoms with van der Waals surface area (Å²) in [5.74, 6) is 0.456. The summed E-state index contributed by atoms with van der Waals surface area (Å²) in [4.78, 5) is 0. The molecule has 2 nitrogen and oxygen atoms in total. The smallest absolute Gasteiger partial charge is 0.106 e. The minimum atomic E-state index is -0.531. The van der Waals surface area contributed by atoms with Gasteiger partial charge in [-0.15, -0.1) is 0 Å². The Bertz CT molecular complexity index is 165. The number of nitrogens with zero attached hydrogens (tertiary/aromatic N) is 1. The van der Waals surface area contributed by atoms with Gasteiger partial charge in [0, 0.05) is 0 Å². The summed E-state index contributed by atoms with van der Waals surface area (Å²) in [6.45, 7) is 2.00. The maximum absolute atomic E-state index is 8.87. The van der Waals surface area contributed by atoms with Crippen molar-refractivity contribution in [3.63, 3.8) is 0 Å². The number of hydrogen-bond acceptors (Lipinski definition) is 2. The summed E-state index contributed by atoms with van der Waals surface area (Å²) in [7, 11) is 0. The van der Waals surface area contributed by atoms with E-state index in [9.17, 15) is 0 Å². The Morgan fingerprint density at radius 3 is 2.45 bits per heavy atom. The summed E-state index contributed by atoms with van der Waals surface area (Å²) < 4.78 is 0. The van der Waals surface area contributed by atoms with Crippen LogP contribution in [-0.2, 0) is 0 Å². The Morgan fingerprint density at radius 2 is 2.09 bits per heavy atom. The third-order valence-electron chi connectivity index (χ3n) is 2.88. The van der Waals surface area contributed by atoms with E-state index in [0.717, 1.165) is 19.3 Å². The first-order valence-electron chi connectivity index (χ1n) is 4.43. The van der Waals surface area contributed by atoms with E-state index >= 15 is 0 Å². The molecule has 1 rings (SSSR count). The van der Waals surface area contributed by atoms with Crippen LogP contribution in [0.4, 0.5) is 0 Å². The fourth-order valence-corrected chi connectivity index (χ4v) is 1.90. The molecule has 0 aromatic rings. The van der Waals surface area contributed by atoms with Crippen molar-refractivity contribution in [3.05, 3.63) is 0 Å². The van der Waals surface area contributed by atoms with Gasteiger partial charge in [-0.2, -0.15) is 5.26 Å². The maximum Gasteiger partial charge on any atom is 0.106 e. The van der Waals surface area contributed by atoms with Gasteiger partial charge in [-0.3, -0.25) is 0 Å². The topological polar surface area (TPSA) is 49.8 Å². The summed E-state index contributed by atoms with van der Waals surface area (Å²) in [5.41, 5.74) is 5.41. The van der Waals surface area contributed by atoms with Crippen LogP contribution >= 0.6 is 0 Å². The van der Waals surface area contributed by atoms with Crippen LogP contribution in [0, 0.1) is 17.2 Å². The predicted molar refractivity (Wildman–Crippen MR) is 44.8 cm³/mol. The van der Waals surface area contributed by atoms with Gasteiger partial charge in [0.05, 0.1) is 6.07 Å². The molecule has 62 valence electrons. The first-order valence-corrected chi connectivity index (χ1v) is 4.43. The van der Waals surface area contributed by atoms with E-state index in [4.69, 9.17) is 11.0 Å². The van der Waals surface area contributed by atoms with Crippen molar-refractivity contribution in [1.82, 2.24) is 0 Å². The zero-order chi connectivity index (χ0) is 8.32. The van der Waals surface area contributed by atoms with E-state index in [2.05, 4.69) is 6.07 Å². The molecule has 0 bridgehead atoms. The Labute approximate surface area is 68.4 Å². The average molecular weight is 152 g/mol. The van der Waals surface area contributed by atoms with Crippen LogP contribution in [0.15, 0.2) is 0 Å². The lowest BCUT2D eigenvalue weighted by atomic mass is 9.83. The van der Waals surface area contributed by atoms with Crippen LogP contribution in [0.1, 0.15) is 39.0 Å². The van der Waals surface area contributed by atoms with Crippen LogP contribution in [0.3, 0.4) is 0 Å². The number of hydrogen-bond donors (Lipinski definition) is 1. The molecule has 2 N–H and O–H groups in total. The molecular weight excluding hydrogens is 136 g/mol. The van der Waals surface area contributed by atoms with Crippen molar-refractivity contribution < 1.29 is 0 Å². The van der Waals surface area contributed by atoms with Gasteiger partial charge in [-0.05, 0) is 25.2 Å². The molecule has 0 radical (unpaired) electrons. The lowest BCUT2D eigenvalue weighted by molar-refractivity contribution is 0.338.